The van der Waals surface area contributed by atoms with Crippen LogP contribution in [0.1, 0.15) is 31.2 Å². The molecule has 2 fully saturated rings. The Balaban J connectivity index is 1.66. The lowest BCUT2D eigenvalue weighted by atomic mass is 9.83. The zero-order chi connectivity index (χ0) is 20.2. The van der Waals surface area contributed by atoms with Gasteiger partial charge in [-0.2, -0.15) is 13.2 Å². The van der Waals surface area contributed by atoms with Crippen LogP contribution in [0.2, 0.25) is 0 Å². The summed E-state index contributed by atoms with van der Waals surface area (Å²) in [5.74, 6) is -0.237. The summed E-state index contributed by atoms with van der Waals surface area (Å²) in [6, 6.07) is 9.46. The Morgan fingerprint density at radius 1 is 1.18 bits per heavy atom. The number of carbonyl (C=O) groups excluding carboxylic acids is 1. The third kappa shape index (κ3) is 4.51. The van der Waals surface area contributed by atoms with Gasteiger partial charge in [0, 0.05) is 26.2 Å². The number of amides is 1. The van der Waals surface area contributed by atoms with Crippen molar-refractivity contribution in [3.8, 4) is 0 Å². The first-order chi connectivity index (χ1) is 13.4. The van der Waals surface area contributed by atoms with Gasteiger partial charge in [0.15, 0.2) is 5.41 Å². The fourth-order valence-corrected chi connectivity index (χ4v) is 4.47. The van der Waals surface area contributed by atoms with E-state index in [0.717, 1.165) is 31.4 Å². The molecule has 7 heteroatoms. The number of carbonyl (C=O) groups is 1. The van der Waals surface area contributed by atoms with Crippen molar-refractivity contribution >= 4 is 5.91 Å². The predicted octanol–water partition coefficient (Wildman–Crippen LogP) is 3.29. The summed E-state index contributed by atoms with van der Waals surface area (Å²) in [6.07, 6.45) is -2.10. The fourth-order valence-electron chi connectivity index (χ4n) is 4.47. The van der Waals surface area contributed by atoms with Crippen LogP contribution >= 0.6 is 0 Å². The second-order valence-electron chi connectivity index (χ2n) is 8.15. The maximum atomic E-state index is 14.1. The lowest BCUT2D eigenvalue weighted by molar-refractivity contribution is -0.224. The van der Waals surface area contributed by atoms with E-state index in [1.165, 1.54) is 4.90 Å². The number of likely N-dealkylation sites (tertiary alicyclic amines) is 2. The lowest BCUT2D eigenvalue weighted by Crippen LogP contribution is -2.55. The van der Waals surface area contributed by atoms with Crippen molar-refractivity contribution in [2.24, 2.45) is 11.3 Å². The van der Waals surface area contributed by atoms with Crippen LogP contribution < -0.4 is 5.32 Å². The molecule has 0 aliphatic carbocycles. The highest BCUT2D eigenvalue weighted by atomic mass is 19.4. The Bertz CT molecular complexity index is 644. The monoisotopic (exact) mass is 397 g/mol. The van der Waals surface area contributed by atoms with E-state index < -0.39 is 17.5 Å². The lowest BCUT2D eigenvalue weighted by Gasteiger charge is -2.39. The van der Waals surface area contributed by atoms with E-state index in [9.17, 15) is 18.0 Å². The van der Waals surface area contributed by atoms with E-state index >= 15 is 0 Å². The minimum atomic E-state index is -4.53. The molecule has 0 saturated carbocycles. The molecule has 156 valence electrons. The zero-order valence-electron chi connectivity index (χ0n) is 16.5. The number of piperidine rings is 1. The molecule has 4 nitrogen and oxygen atoms in total. The molecule has 28 heavy (non-hydrogen) atoms. The highest BCUT2D eigenvalue weighted by Crippen LogP contribution is 2.47. The van der Waals surface area contributed by atoms with Crippen LogP contribution in [0.3, 0.4) is 0 Å². The van der Waals surface area contributed by atoms with Crippen molar-refractivity contribution in [2.75, 3.05) is 39.8 Å². The summed E-state index contributed by atoms with van der Waals surface area (Å²) in [7, 11) is 1.90. The van der Waals surface area contributed by atoms with Crippen LogP contribution in [0.5, 0.6) is 0 Å². The van der Waals surface area contributed by atoms with Gasteiger partial charge < -0.3 is 10.2 Å². The molecule has 0 radical (unpaired) electrons. The number of rotatable bonds is 6. The molecule has 2 aliphatic rings. The molecule has 0 aromatic heterocycles. The average Bonchev–Trinajstić information content (AvgIpc) is 3.12. The summed E-state index contributed by atoms with van der Waals surface area (Å²) in [4.78, 5) is 16.3. The van der Waals surface area contributed by atoms with Gasteiger partial charge in [0.1, 0.15) is 0 Å². The Labute approximate surface area is 165 Å². The number of hydrogen-bond donors (Lipinski definition) is 1. The van der Waals surface area contributed by atoms with Gasteiger partial charge in [-0.3, -0.25) is 9.69 Å². The zero-order valence-corrected chi connectivity index (χ0v) is 16.5. The minimum Gasteiger partial charge on any atom is -0.342 e. The average molecular weight is 397 g/mol. The van der Waals surface area contributed by atoms with Crippen molar-refractivity contribution in [1.82, 2.24) is 15.1 Å². The molecule has 2 saturated heterocycles. The number of hydrogen-bond acceptors (Lipinski definition) is 3. The van der Waals surface area contributed by atoms with Crippen LogP contribution in [-0.2, 0) is 11.3 Å². The van der Waals surface area contributed by atoms with Crippen LogP contribution in [0.25, 0.3) is 0 Å². The van der Waals surface area contributed by atoms with Gasteiger partial charge >= 0.3 is 6.18 Å². The van der Waals surface area contributed by atoms with Gasteiger partial charge in [-0.05, 0) is 57.3 Å². The molecule has 1 aromatic rings. The molecule has 1 amide bonds. The van der Waals surface area contributed by atoms with Gasteiger partial charge in [0.05, 0.1) is 0 Å². The van der Waals surface area contributed by atoms with Crippen molar-refractivity contribution in [3.05, 3.63) is 35.9 Å². The maximum absolute atomic E-state index is 14.1. The van der Waals surface area contributed by atoms with Gasteiger partial charge in [-0.15, -0.1) is 0 Å². The number of nitrogens with zero attached hydrogens (tertiary/aromatic N) is 2. The SMILES string of the molecule is CNCCC1CCN(C(=O)C2(C(F)(F)F)CCN(Cc3ccccc3)C2)CC1. The van der Waals surface area contributed by atoms with E-state index in [0.29, 0.717) is 32.1 Å². The quantitative estimate of drug-likeness (QED) is 0.800. The molecule has 1 N–H and O–H groups in total. The van der Waals surface area contributed by atoms with E-state index in [1.54, 1.807) is 4.90 Å². The number of alkyl halides is 3. The smallest absolute Gasteiger partial charge is 0.342 e. The first-order valence-electron chi connectivity index (χ1n) is 10.1. The standard InChI is InChI=1S/C21H30F3N3O/c1-25-11-7-17-8-12-27(13-9-17)19(28)20(21(22,23)24)10-14-26(16-20)15-18-5-3-2-4-6-18/h2-6,17,25H,7-16H2,1H3. The predicted molar refractivity (Wildman–Crippen MR) is 103 cm³/mol. The number of benzene rings is 1. The second kappa shape index (κ2) is 8.82. The van der Waals surface area contributed by atoms with Gasteiger partial charge in [0.2, 0.25) is 5.91 Å². The van der Waals surface area contributed by atoms with Gasteiger partial charge in [-0.1, -0.05) is 30.3 Å². The molecule has 1 aromatic carbocycles. The van der Waals surface area contributed by atoms with Crippen LogP contribution in [0, 0.1) is 11.3 Å². The van der Waals surface area contributed by atoms with Gasteiger partial charge in [0.25, 0.3) is 0 Å². The molecule has 2 heterocycles. The molecule has 0 bridgehead atoms. The first-order valence-corrected chi connectivity index (χ1v) is 10.1. The van der Waals surface area contributed by atoms with Crippen LogP contribution in [0.4, 0.5) is 13.2 Å². The minimum absolute atomic E-state index is 0.151. The van der Waals surface area contributed by atoms with Crippen molar-refractivity contribution in [1.29, 1.82) is 0 Å². The number of halogens is 3. The topological polar surface area (TPSA) is 35.6 Å². The normalized spacial score (nSPS) is 24.6. The molecule has 1 atom stereocenters. The summed E-state index contributed by atoms with van der Waals surface area (Å²) in [5.41, 5.74) is -1.29. The Kier molecular flexibility index (Phi) is 6.65. The molecule has 2 aliphatic heterocycles. The Hall–Kier alpha value is -1.60. The van der Waals surface area contributed by atoms with E-state index in [1.807, 2.05) is 37.4 Å². The maximum Gasteiger partial charge on any atom is 0.404 e. The largest absolute Gasteiger partial charge is 0.404 e. The third-order valence-corrected chi connectivity index (χ3v) is 6.25. The summed E-state index contributed by atoms with van der Waals surface area (Å²) in [6.45, 7) is 2.26. The summed E-state index contributed by atoms with van der Waals surface area (Å²) < 4.78 is 42.3. The van der Waals surface area contributed by atoms with Crippen LogP contribution in [-0.4, -0.2) is 61.7 Å². The van der Waals surface area contributed by atoms with Crippen molar-refractivity contribution in [2.45, 2.75) is 38.4 Å². The highest BCUT2D eigenvalue weighted by Gasteiger charge is 2.64. The summed E-state index contributed by atoms with van der Waals surface area (Å²) >= 11 is 0. The molecule has 3 rings (SSSR count). The Morgan fingerprint density at radius 3 is 2.46 bits per heavy atom. The molecule has 0 spiro atoms. The third-order valence-electron chi connectivity index (χ3n) is 6.25. The van der Waals surface area contributed by atoms with Crippen LogP contribution in [0.15, 0.2) is 30.3 Å². The highest BCUT2D eigenvalue weighted by molar-refractivity contribution is 5.84. The van der Waals surface area contributed by atoms with Crippen molar-refractivity contribution in [3.63, 3.8) is 0 Å². The van der Waals surface area contributed by atoms with Gasteiger partial charge in [-0.25, -0.2) is 0 Å². The second-order valence-corrected chi connectivity index (χ2v) is 8.15. The first kappa shape index (κ1) is 21.1. The number of nitrogens with one attached hydrogen (secondary N) is 1. The van der Waals surface area contributed by atoms with E-state index in [-0.39, 0.29) is 13.0 Å². The fraction of sp³-hybridized carbons (Fsp3) is 0.667. The summed E-state index contributed by atoms with van der Waals surface area (Å²) in [5, 5.41) is 3.11. The molecular weight excluding hydrogens is 367 g/mol. The molecular formula is C21H30F3N3O. The van der Waals surface area contributed by atoms with E-state index in [4.69, 9.17) is 0 Å². The van der Waals surface area contributed by atoms with Crippen molar-refractivity contribution < 1.29 is 18.0 Å². The Morgan fingerprint density at radius 2 is 1.86 bits per heavy atom. The van der Waals surface area contributed by atoms with E-state index in [2.05, 4.69) is 5.32 Å². The molecule has 1 unspecified atom stereocenters.